The number of nitrogens with one attached hydrogen (secondary N) is 1. The number of benzene rings is 1. The molecule has 0 amide bonds. The first-order valence-corrected chi connectivity index (χ1v) is 7.21. The van der Waals surface area contributed by atoms with Crippen LogP contribution in [0.25, 0.3) is 0 Å². The highest BCUT2D eigenvalue weighted by molar-refractivity contribution is 5.31. The summed E-state index contributed by atoms with van der Waals surface area (Å²) in [5.74, 6) is 1.48. The van der Waals surface area contributed by atoms with Crippen molar-refractivity contribution in [2.45, 2.75) is 45.6 Å². The molecule has 1 N–H and O–H groups in total. The van der Waals surface area contributed by atoms with Crippen molar-refractivity contribution in [3.05, 3.63) is 46.6 Å². The first-order chi connectivity index (χ1) is 9.57. The van der Waals surface area contributed by atoms with Crippen molar-refractivity contribution in [2.24, 2.45) is 0 Å². The van der Waals surface area contributed by atoms with Crippen LogP contribution < -0.4 is 5.32 Å². The Balaban J connectivity index is 1.78. The zero-order valence-corrected chi connectivity index (χ0v) is 12.4. The molecule has 1 aromatic heterocycles. The Hall–Kier alpha value is -1.68. The lowest BCUT2D eigenvalue weighted by molar-refractivity contribution is 0.274. The molecule has 3 rings (SSSR count). The topological polar surface area (TPSA) is 51.0 Å². The summed E-state index contributed by atoms with van der Waals surface area (Å²) in [7, 11) is 0. The van der Waals surface area contributed by atoms with Crippen molar-refractivity contribution < 1.29 is 4.52 Å². The lowest BCUT2D eigenvalue weighted by atomic mass is 10.0. The molecule has 0 aliphatic carbocycles. The van der Waals surface area contributed by atoms with Gasteiger partial charge in [0, 0.05) is 6.42 Å². The molecule has 0 saturated carbocycles. The monoisotopic (exact) mass is 271 g/mol. The van der Waals surface area contributed by atoms with Crippen molar-refractivity contribution in [1.29, 1.82) is 0 Å². The average molecular weight is 271 g/mol. The number of hydrogen-bond acceptors (Lipinski definition) is 4. The van der Waals surface area contributed by atoms with Crippen LogP contribution in [0, 0.1) is 13.8 Å². The van der Waals surface area contributed by atoms with E-state index in [1.807, 2.05) is 0 Å². The second-order valence-corrected chi connectivity index (χ2v) is 5.97. The molecule has 2 heterocycles. The quantitative estimate of drug-likeness (QED) is 0.932. The Morgan fingerprint density at radius 3 is 2.85 bits per heavy atom. The summed E-state index contributed by atoms with van der Waals surface area (Å²) in [6, 6.07) is 6.47. The molecule has 1 saturated heterocycles. The van der Waals surface area contributed by atoms with Crippen LogP contribution in [0.3, 0.4) is 0 Å². The van der Waals surface area contributed by atoms with E-state index in [0.29, 0.717) is 5.89 Å². The predicted octanol–water partition coefficient (Wildman–Crippen LogP) is 2.88. The molecular formula is C16H21N3O. The van der Waals surface area contributed by atoms with Gasteiger partial charge in [-0.2, -0.15) is 4.98 Å². The maximum absolute atomic E-state index is 5.45. The fourth-order valence-corrected chi connectivity index (χ4v) is 2.72. The number of aromatic nitrogens is 2. The van der Waals surface area contributed by atoms with Crippen molar-refractivity contribution in [3.8, 4) is 0 Å². The van der Waals surface area contributed by atoms with E-state index in [0.717, 1.165) is 31.6 Å². The Morgan fingerprint density at radius 1 is 1.30 bits per heavy atom. The molecule has 4 heteroatoms. The Labute approximate surface area is 119 Å². The van der Waals surface area contributed by atoms with E-state index in [4.69, 9.17) is 4.52 Å². The second kappa shape index (κ2) is 5.02. The van der Waals surface area contributed by atoms with Gasteiger partial charge in [0.15, 0.2) is 5.82 Å². The van der Waals surface area contributed by atoms with E-state index in [1.165, 1.54) is 16.7 Å². The van der Waals surface area contributed by atoms with E-state index in [9.17, 15) is 0 Å². The van der Waals surface area contributed by atoms with Crippen molar-refractivity contribution in [1.82, 2.24) is 15.5 Å². The fraction of sp³-hybridized carbons (Fsp3) is 0.500. The van der Waals surface area contributed by atoms with Gasteiger partial charge in [0.25, 0.3) is 0 Å². The van der Waals surface area contributed by atoms with Crippen LogP contribution in [-0.2, 0) is 12.0 Å². The molecule has 0 radical (unpaired) electrons. The summed E-state index contributed by atoms with van der Waals surface area (Å²) < 4.78 is 5.45. The molecule has 4 nitrogen and oxygen atoms in total. The third-order valence-electron chi connectivity index (χ3n) is 4.24. The van der Waals surface area contributed by atoms with Crippen LogP contribution in [0.5, 0.6) is 0 Å². The summed E-state index contributed by atoms with van der Waals surface area (Å²) in [6.45, 7) is 7.40. The minimum atomic E-state index is -0.144. The normalized spacial score (nSPS) is 22.4. The Kier molecular flexibility index (Phi) is 3.34. The molecule has 20 heavy (non-hydrogen) atoms. The summed E-state index contributed by atoms with van der Waals surface area (Å²) in [5.41, 5.74) is 3.69. The minimum Gasteiger partial charge on any atom is -0.337 e. The third kappa shape index (κ3) is 2.48. The molecule has 2 aromatic rings. The lowest BCUT2D eigenvalue weighted by Gasteiger charge is -2.18. The van der Waals surface area contributed by atoms with Gasteiger partial charge in [-0.15, -0.1) is 0 Å². The highest BCUT2D eigenvalue weighted by Gasteiger charge is 2.35. The predicted molar refractivity (Wildman–Crippen MR) is 77.6 cm³/mol. The van der Waals surface area contributed by atoms with E-state index in [-0.39, 0.29) is 5.54 Å². The molecule has 0 spiro atoms. The molecule has 1 unspecified atom stereocenters. The molecule has 1 aliphatic heterocycles. The summed E-state index contributed by atoms with van der Waals surface area (Å²) >= 11 is 0. The number of aryl methyl sites for hydroxylation is 2. The van der Waals surface area contributed by atoms with Gasteiger partial charge in [-0.1, -0.05) is 23.4 Å². The third-order valence-corrected chi connectivity index (χ3v) is 4.24. The van der Waals surface area contributed by atoms with E-state index >= 15 is 0 Å². The minimum absolute atomic E-state index is 0.144. The van der Waals surface area contributed by atoms with Crippen LogP contribution >= 0.6 is 0 Å². The zero-order chi connectivity index (χ0) is 14.2. The highest BCUT2D eigenvalue weighted by atomic mass is 16.5. The van der Waals surface area contributed by atoms with Crippen LogP contribution in [0.15, 0.2) is 22.7 Å². The van der Waals surface area contributed by atoms with Crippen molar-refractivity contribution in [2.75, 3.05) is 6.54 Å². The summed E-state index contributed by atoms with van der Waals surface area (Å²) in [6.07, 6.45) is 2.93. The van der Waals surface area contributed by atoms with Gasteiger partial charge in [-0.3, -0.25) is 0 Å². The van der Waals surface area contributed by atoms with Gasteiger partial charge in [0.2, 0.25) is 5.89 Å². The zero-order valence-electron chi connectivity index (χ0n) is 12.4. The first kappa shape index (κ1) is 13.3. The largest absolute Gasteiger partial charge is 0.337 e. The molecule has 1 fully saturated rings. The molecule has 1 aliphatic rings. The van der Waals surface area contributed by atoms with Crippen molar-refractivity contribution >= 4 is 0 Å². The Morgan fingerprint density at radius 2 is 2.15 bits per heavy atom. The standard InChI is InChI=1S/C16H21N3O/c1-11-5-6-13(9-12(11)2)10-14-18-15(20-19-14)16(3)7-4-8-17-16/h5-6,9,17H,4,7-8,10H2,1-3H3. The first-order valence-electron chi connectivity index (χ1n) is 7.21. The maximum atomic E-state index is 5.45. The van der Waals surface area contributed by atoms with Crippen LogP contribution in [0.4, 0.5) is 0 Å². The van der Waals surface area contributed by atoms with Crippen LogP contribution in [-0.4, -0.2) is 16.7 Å². The van der Waals surface area contributed by atoms with Gasteiger partial charge >= 0.3 is 0 Å². The second-order valence-electron chi connectivity index (χ2n) is 5.97. The molecule has 1 atom stereocenters. The van der Waals surface area contributed by atoms with Gasteiger partial charge in [-0.25, -0.2) is 0 Å². The smallest absolute Gasteiger partial charge is 0.246 e. The lowest BCUT2D eigenvalue weighted by Crippen LogP contribution is -2.33. The van der Waals surface area contributed by atoms with Crippen LogP contribution in [0.2, 0.25) is 0 Å². The highest BCUT2D eigenvalue weighted by Crippen LogP contribution is 2.29. The Bertz CT molecular complexity index is 612. The molecular weight excluding hydrogens is 250 g/mol. The molecule has 106 valence electrons. The van der Waals surface area contributed by atoms with Gasteiger partial charge in [-0.05, 0) is 56.8 Å². The van der Waals surface area contributed by atoms with E-state index in [1.54, 1.807) is 0 Å². The number of rotatable bonds is 3. The fourth-order valence-electron chi connectivity index (χ4n) is 2.72. The van der Waals surface area contributed by atoms with Gasteiger partial charge < -0.3 is 9.84 Å². The summed E-state index contributed by atoms with van der Waals surface area (Å²) in [4.78, 5) is 4.57. The molecule has 1 aromatic carbocycles. The van der Waals surface area contributed by atoms with Gasteiger partial charge in [0.05, 0.1) is 5.54 Å². The summed E-state index contributed by atoms with van der Waals surface area (Å²) in [5, 5.41) is 7.57. The van der Waals surface area contributed by atoms with E-state index in [2.05, 4.69) is 54.4 Å². The maximum Gasteiger partial charge on any atom is 0.246 e. The van der Waals surface area contributed by atoms with Crippen LogP contribution in [0.1, 0.15) is 48.2 Å². The van der Waals surface area contributed by atoms with Crippen molar-refractivity contribution in [3.63, 3.8) is 0 Å². The van der Waals surface area contributed by atoms with Gasteiger partial charge in [0.1, 0.15) is 0 Å². The average Bonchev–Trinajstić information content (AvgIpc) is 3.04. The number of hydrogen-bond donors (Lipinski definition) is 1. The SMILES string of the molecule is Cc1ccc(Cc2noc(C3(C)CCCN3)n2)cc1C. The molecule has 0 bridgehead atoms. The number of nitrogens with zero attached hydrogens (tertiary/aromatic N) is 2. The van der Waals surface area contributed by atoms with E-state index < -0.39 is 0 Å².